The van der Waals surface area contributed by atoms with Crippen LogP contribution in [-0.4, -0.2) is 59.4 Å². The summed E-state index contributed by atoms with van der Waals surface area (Å²) in [6.45, 7) is 6.55. The van der Waals surface area contributed by atoms with Crippen LogP contribution < -0.4 is 20.4 Å². The molecule has 5 rings (SSSR count). The molecule has 3 fully saturated rings. The van der Waals surface area contributed by atoms with E-state index in [2.05, 4.69) is 16.1 Å². The molecule has 0 bridgehead atoms. The van der Waals surface area contributed by atoms with Crippen LogP contribution >= 0.6 is 0 Å². The lowest BCUT2D eigenvalue weighted by Gasteiger charge is -2.30. The maximum absolute atomic E-state index is 15.7. The van der Waals surface area contributed by atoms with Crippen molar-refractivity contribution < 1.29 is 33.3 Å². The van der Waals surface area contributed by atoms with Crippen molar-refractivity contribution >= 4 is 28.8 Å². The van der Waals surface area contributed by atoms with Crippen LogP contribution in [-0.2, 0) is 9.47 Å². The summed E-state index contributed by atoms with van der Waals surface area (Å²) in [5.41, 5.74) is -1.98. The predicted octanol–water partition coefficient (Wildman–Crippen LogP) is 3.52. The van der Waals surface area contributed by atoms with E-state index in [0.717, 1.165) is 18.9 Å². The number of carboxylic acid groups (broad SMARTS) is 1. The maximum Gasteiger partial charge on any atom is 0.511 e. The van der Waals surface area contributed by atoms with Crippen LogP contribution in [0.1, 0.15) is 51.6 Å². The monoisotopic (exact) mass is 528 g/mol. The summed E-state index contributed by atoms with van der Waals surface area (Å²) in [4.78, 5) is 38.2. The standard InChI is InChI=1S/C26H29FN4O7/c1-25(2,3)38-23(33)29-12-26-13-30(10-14(26)6-7-36-26)21-17(9-28)20-16(8-18(21)27)22(32)19(37-24(34)35)11-31(20)15-4-5-15/h8,11,14-15H,4-7,10,12-13H2,1-3H3,(H,29,33)(H,34,35). The van der Waals surface area contributed by atoms with Gasteiger partial charge in [0.15, 0.2) is 5.75 Å². The molecule has 1 saturated carbocycles. The van der Waals surface area contributed by atoms with Crippen LogP contribution in [0, 0.1) is 23.1 Å². The molecule has 2 atom stereocenters. The van der Waals surface area contributed by atoms with Crippen LogP contribution in [0.3, 0.4) is 0 Å². The Balaban J connectivity index is 1.54. The second kappa shape index (κ2) is 9.16. The van der Waals surface area contributed by atoms with Gasteiger partial charge in [-0.3, -0.25) is 4.79 Å². The Hall–Kier alpha value is -3.85. The number of fused-ring (bicyclic) bond motifs is 2. The molecule has 0 radical (unpaired) electrons. The fourth-order valence-electron chi connectivity index (χ4n) is 5.50. The van der Waals surface area contributed by atoms with Crippen molar-refractivity contribution in [1.82, 2.24) is 9.88 Å². The maximum atomic E-state index is 15.7. The minimum atomic E-state index is -1.66. The number of nitrogens with zero attached hydrogens (tertiary/aromatic N) is 3. The number of anilines is 1. The van der Waals surface area contributed by atoms with E-state index in [-0.39, 0.29) is 47.2 Å². The summed E-state index contributed by atoms with van der Waals surface area (Å²) in [6.07, 6.45) is 1.28. The lowest BCUT2D eigenvalue weighted by atomic mass is 9.91. The van der Waals surface area contributed by atoms with Gasteiger partial charge in [0.25, 0.3) is 0 Å². The molecule has 1 amide bonds. The van der Waals surface area contributed by atoms with Crippen LogP contribution in [0.4, 0.5) is 19.7 Å². The second-order valence-electron chi connectivity index (χ2n) is 11.1. The number of ether oxygens (including phenoxy) is 3. The van der Waals surface area contributed by atoms with Crippen molar-refractivity contribution in [2.24, 2.45) is 5.92 Å². The van der Waals surface area contributed by atoms with E-state index in [9.17, 15) is 19.6 Å². The molecule has 1 aromatic heterocycles. The van der Waals surface area contributed by atoms with E-state index >= 15 is 4.39 Å². The van der Waals surface area contributed by atoms with Crippen molar-refractivity contribution in [2.75, 3.05) is 31.1 Å². The van der Waals surface area contributed by atoms with E-state index in [0.29, 0.717) is 19.6 Å². The van der Waals surface area contributed by atoms with Crippen molar-refractivity contribution in [3.05, 3.63) is 33.9 Å². The zero-order valence-electron chi connectivity index (χ0n) is 21.4. The molecule has 1 aromatic carbocycles. The summed E-state index contributed by atoms with van der Waals surface area (Å²) in [7, 11) is 0. The van der Waals surface area contributed by atoms with Crippen molar-refractivity contribution in [1.29, 1.82) is 5.26 Å². The van der Waals surface area contributed by atoms with Gasteiger partial charge < -0.3 is 34.1 Å². The topological polar surface area (TPSA) is 143 Å². The van der Waals surface area contributed by atoms with E-state index < -0.39 is 40.4 Å². The highest BCUT2D eigenvalue weighted by atomic mass is 19.1. The fraction of sp³-hybridized carbons (Fsp3) is 0.538. The van der Waals surface area contributed by atoms with E-state index in [4.69, 9.17) is 14.6 Å². The quantitative estimate of drug-likeness (QED) is 0.557. The Bertz CT molecular complexity index is 1420. The van der Waals surface area contributed by atoms with Gasteiger partial charge in [-0.15, -0.1) is 0 Å². The molecule has 11 nitrogen and oxygen atoms in total. The molecule has 12 heteroatoms. The number of pyridine rings is 1. The number of benzene rings is 1. The summed E-state index contributed by atoms with van der Waals surface area (Å²) in [5.74, 6) is -1.25. The Morgan fingerprint density at radius 3 is 2.71 bits per heavy atom. The molecular formula is C26H29FN4O7. The van der Waals surface area contributed by atoms with Crippen molar-refractivity contribution in [3.8, 4) is 11.8 Å². The first kappa shape index (κ1) is 25.8. The van der Waals surface area contributed by atoms with E-state index in [1.54, 1.807) is 30.2 Å². The van der Waals surface area contributed by atoms with Crippen molar-refractivity contribution in [3.63, 3.8) is 0 Å². The third-order valence-corrected chi connectivity index (χ3v) is 7.20. The number of halogens is 1. The molecule has 0 spiro atoms. The van der Waals surface area contributed by atoms with Gasteiger partial charge in [0.1, 0.15) is 28.7 Å². The first-order valence-electron chi connectivity index (χ1n) is 12.5. The average Bonchev–Trinajstić information content (AvgIpc) is 3.50. The number of alkyl carbamates (subject to hydrolysis) is 1. The number of carbonyl (C=O) groups is 2. The number of nitrogens with one attached hydrogen (secondary N) is 1. The molecule has 202 valence electrons. The Kier molecular flexibility index (Phi) is 6.22. The first-order valence-corrected chi connectivity index (χ1v) is 12.5. The number of hydrogen-bond donors (Lipinski definition) is 2. The number of aromatic nitrogens is 1. The molecule has 2 N–H and O–H groups in total. The third kappa shape index (κ3) is 4.62. The zero-order chi connectivity index (χ0) is 27.4. The molecule has 2 aromatic rings. The number of carbonyl (C=O) groups excluding carboxylic acids is 1. The van der Waals surface area contributed by atoms with Crippen LogP contribution in [0.2, 0.25) is 0 Å². The molecule has 2 unspecified atom stereocenters. The second-order valence-corrected chi connectivity index (χ2v) is 11.1. The summed E-state index contributed by atoms with van der Waals surface area (Å²) < 4.78 is 33.5. The molecule has 3 aliphatic rings. The highest BCUT2D eigenvalue weighted by Gasteiger charge is 2.52. The van der Waals surface area contributed by atoms with Gasteiger partial charge in [0.05, 0.1) is 29.3 Å². The molecule has 2 saturated heterocycles. The van der Waals surface area contributed by atoms with Gasteiger partial charge in [-0.05, 0) is 46.1 Å². The highest BCUT2D eigenvalue weighted by molar-refractivity contribution is 5.92. The Morgan fingerprint density at radius 1 is 1.34 bits per heavy atom. The SMILES string of the molecule is CC(C)(C)OC(=O)NCC12CN(c3c(F)cc4c(=O)c(OC(=O)O)cn(C5CC5)c4c3C#N)CC1CCO2. The molecule has 2 aliphatic heterocycles. The average molecular weight is 529 g/mol. The zero-order valence-corrected chi connectivity index (χ0v) is 21.4. The molecular weight excluding hydrogens is 499 g/mol. The van der Waals surface area contributed by atoms with Gasteiger partial charge >= 0.3 is 12.2 Å². The largest absolute Gasteiger partial charge is 0.511 e. The number of amides is 1. The molecule has 38 heavy (non-hydrogen) atoms. The van der Waals surface area contributed by atoms with Gasteiger partial charge in [0, 0.05) is 31.7 Å². The number of hydrogen-bond acceptors (Lipinski definition) is 8. The Labute approximate surface area is 217 Å². The summed E-state index contributed by atoms with van der Waals surface area (Å²) >= 11 is 0. The Morgan fingerprint density at radius 2 is 2.08 bits per heavy atom. The lowest BCUT2D eigenvalue weighted by Crippen LogP contribution is -2.49. The van der Waals surface area contributed by atoms with Crippen LogP contribution in [0.5, 0.6) is 5.75 Å². The fourth-order valence-corrected chi connectivity index (χ4v) is 5.50. The van der Waals surface area contributed by atoms with Gasteiger partial charge in [-0.25, -0.2) is 14.0 Å². The first-order chi connectivity index (χ1) is 17.9. The lowest BCUT2D eigenvalue weighted by molar-refractivity contribution is -0.000271. The molecule has 3 heterocycles. The number of rotatable bonds is 5. The van der Waals surface area contributed by atoms with E-state index in [1.165, 1.54) is 6.20 Å². The normalized spacial score (nSPS) is 22.7. The van der Waals surface area contributed by atoms with Crippen molar-refractivity contribution in [2.45, 2.75) is 57.3 Å². The van der Waals surface area contributed by atoms with Gasteiger partial charge in [-0.1, -0.05) is 0 Å². The summed E-state index contributed by atoms with van der Waals surface area (Å²) in [6, 6.07) is 3.07. The minimum Gasteiger partial charge on any atom is -0.449 e. The summed E-state index contributed by atoms with van der Waals surface area (Å²) in [5, 5.41) is 21.9. The van der Waals surface area contributed by atoms with E-state index in [1.807, 2.05) is 0 Å². The van der Waals surface area contributed by atoms with Gasteiger partial charge in [0.2, 0.25) is 5.43 Å². The predicted molar refractivity (Wildman–Crippen MR) is 133 cm³/mol. The smallest absolute Gasteiger partial charge is 0.449 e. The number of nitriles is 1. The minimum absolute atomic E-state index is 0.0129. The van der Waals surface area contributed by atoms with Crippen LogP contribution in [0.25, 0.3) is 10.9 Å². The highest BCUT2D eigenvalue weighted by Crippen LogP contribution is 2.45. The van der Waals surface area contributed by atoms with Crippen LogP contribution in [0.15, 0.2) is 17.1 Å². The third-order valence-electron chi connectivity index (χ3n) is 7.20. The molecule has 1 aliphatic carbocycles. The van der Waals surface area contributed by atoms with Gasteiger partial charge in [-0.2, -0.15) is 5.26 Å².